The molecule has 4 rings (SSSR count). The fourth-order valence-corrected chi connectivity index (χ4v) is 3.85. The van der Waals surface area contributed by atoms with Crippen LogP contribution >= 0.6 is 11.3 Å². The van der Waals surface area contributed by atoms with Gasteiger partial charge in [0.25, 0.3) is 0 Å². The molecular weight excluding hydrogens is 316 g/mol. The Morgan fingerprint density at radius 3 is 3.00 bits per heavy atom. The second kappa shape index (κ2) is 6.75. The minimum absolute atomic E-state index is 0.0592. The van der Waals surface area contributed by atoms with E-state index in [0.29, 0.717) is 0 Å². The van der Waals surface area contributed by atoms with Gasteiger partial charge in [-0.15, -0.1) is 0 Å². The Kier molecular flexibility index (Phi) is 4.32. The van der Waals surface area contributed by atoms with E-state index in [0.717, 1.165) is 31.1 Å². The Balaban J connectivity index is 1.66. The minimum Gasteiger partial charge on any atom is -0.484 e. The molecule has 2 aromatic heterocycles. The molecule has 0 spiro atoms. The highest BCUT2D eigenvalue weighted by molar-refractivity contribution is 7.07. The summed E-state index contributed by atoms with van der Waals surface area (Å²) in [5.74, 6) is 1.00. The van der Waals surface area contributed by atoms with Crippen molar-refractivity contribution in [2.45, 2.75) is 26.1 Å². The molecule has 0 saturated carbocycles. The zero-order valence-corrected chi connectivity index (χ0v) is 14.5. The summed E-state index contributed by atoms with van der Waals surface area (Å²) in [6.45, 7) is 4.71. The van der Waals surface area contributed by atoms with Crippen LogP contribution in [0.25, 0.3) is 0 Å². The minimum atomic E-state index is 0.0592. The molecule has 0 saturated heterocycles. The number of pyridine rings is 1. The van der Waals surface area contributed by atoms with Crippen molar-refractivity contribution in [2.75, 3.05) is 6.54 Å². The first kappa shape index (κ1) is 15.4. The maximum absolute atomic E-state index is 6.37. The summed E-state index contributed by atoms with van der Waals surface area (Å²) >= 11 is 1.72. The number of thiophene rings is 1. The molecule has 1 aliphatic rings. The summed E-state index contributed by atoms with van der Waals surface area (Å²) in [7, 11) is 0. The SMILES string of the molecule is Cc1ccc2c(c1)CN(Cc1ccccn1)CC(c1ccsc1)O2. The predicted molar refractivity (Wildman–Crippen MR) is 97.2 cm³/mol. The van der Waals surface area contributed by atoms with Crippen molar-refractivity contribution in [1.29, 1.82) is 0 Å². The lowest BCUT2D eigenvalue weighted by molar-refractivity contribution is 0.143. The lowest BCUT2D eigenvalue weighted by atomic mass is 10.1. The molecule has 3 heterocycles. The first-order valence-electron chi connectivity index (χ1n) is 8.18. The van der Waals surface area contributed by atoms with Crippen molar-refractivity contribution in [1.82, 2.24) is 9.88 Å². The van der Waals surface area contributed by atoms with Gasteiger partial charge in [0.1, 0.15) is 11.9 Å². The average molecular weight is 336 g/mol. The lowest BCUT2D eigenvalue weighted by Gasteiger charge is -2.23. The highest BCUT2D eigenvalue weighted by Crippen LogP contribution is 2.33. The molecule has 1 unspecified atom stereocenters. The number of ether oxygens (including phenoxy) is 1. The van der Waals surface area contributed by atoms with Crippen LogP contribution in [0, 0.1) is 6.92 Å². The van der Waals surface area contributed by atoms with Crippen LogP contribution in [0.15, 0.2) is 59.4 Å². The second-order valence-corrected chi connectivity index (χ2v) is 7.05. The molecule has 1 atom stereocenters. The van der Waals surface area contributed by atoms with Crippen molar-refractivity contribution in [3.05, 3.63) is 81.8 Å². The van der Waals surface area contributed by atoms with Crippen LogP contribution in [-0.4, -0.2) is 16.4 Å². The summed E-state index contributed by atoms with van der Waals surface area (Å²) in [6, 6.07) is 14.7. The van der Waals surface area contributed by atoms with Crippen molar-refractivity contribution in [3.8, 4) is 5.75 Å². The average Bonchev–Trinajstić information content (AvgIpc) is 3.06. The Labute approximate surface area is 146 Å². The van der Waals surface area contributed by atoms with Gasteiger partial charge >= 0.3 is 0 Å². The van der Waals surface area contributed by atoms with Gasteiger partial charge in [-0.1, -0.05) is 23.8 Å². The van der Waals surface area contributed by atoms with Crippen LogP contribution in [0.2, 0.25) is 0 Å². The number of aryl methyl sites for hydroxylation is 1. The number of rotatable bonds is 3. The third-order valence-corrected chi connectivity index (χ3v) is 5.03. The number of hydrogen-bond acceptors (Lipinski definition) is 4. The molecule has 1 aliphatic heterocycles. The van der Waals surface area contributed by atoms with Crippen molar-refractivity contribution >= 4 is 11.3 Å². The first-order chi connectivity index (χ1) is 11.8. The van der Waals surface area contributed by atoms with Crippen LogP contribution in [0.1, 0.15) is 28.5 Å². The molecule has 3 aromatic rings. The van der Waals surface area contributed by atoms with Crippen LogP contribution in [0.3, 0.4) is 0 Å². The van der Waals surface area contributed by atoms with Crippen LogP contribution in [0.5, 0.6) is 5.75 Å². The van der Waals surface area contributed by atoms with E-state index in [4.69, 9.17) is 4.74 Å². The number of nitrogens with zero attached hydrogens (tertiary/aromatic N) is 2. The van der Waals surface area contributed by atoms with E-state index in [1.807, 2.05) is 18.3 Å². The monoisotopic (exact) mass is 336 g/mol. The molecule has 122 valence electrons. The maximum atomic E-state index is 6.37. The topological polar surface area (TPSA) is 25.4 Å². The standard InChI is InChI=1S/C20H20N2OS/c1-15-5-6-19-17(10-15)11-22(12-18-4-2-3-8-21-18)13-20(23-19)16-7-9-24-14-16/h2-10,14,20H,11-13H2,1H3. The molecule has 0 fully saturated rings. The largest absolute Gasteiger partial charge is 0.484 e. The molecule has 0 radical (unpaired) electrons. The molecule has 0 N–H and O–H groups in total. The van der Waals surface area contributed by atoms with Gasteiger partial charge in [0, 0.05) is 37.0 Å². The third-order valence-electron chi connectivity index (χ3n) is 4.33. The number of hydrogen-bond donors (Lipinski definition) is 0. The third kappa shape index (κ3) is 3.35. The van der Waals surface area contributed by atoms with Gasteiger partial charge in [-0.3, -0.25) is 9.88 Å². The smallest absolute Gasteiger partial charge is 0.137 e. The number of benzene rings is 1. The van der Waals surface area contributed by atoms with Gasteiger partial charge in [-0.2, -0.15) is 11.3 Å². The summed E-state index contributed by atoms with van der Waals surface area (Å²) in [6.07, 6.45) is 1.92. The van der Waals surface area contributed by atoms with E-state index in [2.05, 4.69) is 57.9 Å². The molecule has 1 aromatic carbocycles. The molecule has 4 heteroatoms. The number of aromatic nitrogens is 1. The zero-order valence-electron chi connectivity index (χ0n) is 13.7. The van der Waals surface area contributed by atoms with Gasteiger partial charge in [0.2, 0.25) is 0 Å². The summed E-state index contributed by atoms with van der Waals surface area (Å²) in [5, 5.41) is 4.30. The predicted octanol–water partition coefficient (Wildman–Crippen LogP) is 4.59. The Hall–Kier alpha value is -2.17. The van der Waals surface area contributed by atoms with E-state index >= 15 is 0 Å². The molecular formula is C20H20N2OS. The summed E-state index contributed by atoms with van der Waals surface area (Å²) in [4.78, 5) is 6.91. The van der Waals surface area contributed by atoms with Crippen LogP contribution in [0.4, 0.5) is 0 Å². The van der Waals surface area contributed by atoms with Gasteiger partial charge < -0.3 is 4.74 Å². The fraction of sp³-hybridized carbons (Fsp3) is 0.250. The first-order valence-corrected chi connectivity index (χ1v) is 9.13. The molecule has 0 aliphatic carbocycles. The van der Waals surface area contributed by atoms with Crippen LogP contribution < -0.4 is 4.74 Å². The van der Waals surface area contributed by atoms with E-state index in [1.165, 1.54) is 16.7 Å². The maximum Gasteiger partial charge on any atom is 0.137 e. The van der Waals surface area contributed by atoms with Gasteiger partial charge in [0.15, 0.2) is 0 Å². The van der Waals surface area contributed by atoms with Crippen molar-refractivity contribution < 1.29 is 4.74 Å². The lowest BCUT2D eigenvalue weighted by Crippen LogP contribution is -2.28. The highest BCUT2D eigenvalue weighted by atomic mass is 32.1. The van der Waals surface area contributed by atoms with E-state index in [1.54, 1.807) is 11.3 Å². The van der Waals surface area contributed by atoms with Crippen LogP contribution in [-0.2, 0) is 13.1 Å². The summed E-state index contributed by atoms with van der Waals surface area (Å²) < 4.78 is 6.37. The van der Waals surface area contributed by atoms with E-state index in [-0.39, 0.29) is 6.10 Å². The Morgan fingerprint density at radius 2 is 2.21 bits per heavy atom. The Morgan fingerprint density at radius 1 is 1.25 bits per heavy atom. The molecule has 3 nitrogen and oxygen atoms in total. The van der Waals surface area contributed by atoms with Gasteiger partial charge in [0.05, 0.1) is 5.69 Å². The molecule has 0 bridgehead atoms. The quantitative estimate of drug-likeness (QED) is 0.699. The fourth-order valence-electron chi connectivity index (χ4n) is 3.15. The van der Waals surface area contributed by atoms with Gasteiger partial charge in [-0.25, -0.2) is 0 Å². The zero-order chi connectivity index (χ0) is 16.4. The number of fused-ring (bicyclic) bond motifs is 1. The Bertz CT molecular complexity index is 802. The highest BCUT2D eigenvalue weighted by Gasteiger charge is 2.25. The molecule has 0 amide bonds. The van der Waals surface area contributed by atoms with E-state index < -0.39 is 0 Å². The molecule has 24 heavy (non-hydrogen) atoms. The normalized spacial score (nSPS) is 17.8. The van der Waals surface area contributed by atoms with Gasteiger partial charge in [-0.05, 0) is 41.9 Å². The summed E-state index contributed by atoms with van der Waals surface area (Å²) in [5.41, 5.74) is 4.87. The van der Waals surface area contributed by atoms with Crippen molar-refractivity contribution in [3.63, 3.8) is 0 Å². The second-order valence-electron chi connectivity index (χ2n) is 6.27. The van der Waals surface area contributed by atoms with E-state index in [9.17, 15) is 0 Å². The van der Waals surface area contributed by atoms with Crippen molar-refractivity contribution in [2.24, 2.45) is 0 Å².